The van der Waals surface area contributed by atoms with Crippen molar-refractivity contribution in [3.05, 3.63) is 106 Å². The predicted octanol–water partition coefficient (Wildman–Crippen LogP) is 3.65. The van der Waals surface area contributed by atoms with Gasteiger partial charge in [0.05, 0.1) is 23.1 Å². The summed E-state index contributed by atoms with van der Waals surface area (Å²) in [7, 11) is -0.246. The molecule has 0 aliphatic carbocycles. The molecule has 2 aromatic carbocycles. The van der Waals surface area contributed by atoms with E-state index in [1.165, 1.54) is 16.2 Å². The smallest absolute Gasteiger partial charge is 0.250 e. The number of hydrogen-bond donors (Lipinski definition) is 0. The molecule has 1 aliphatic rings. The molecular formula is C30H32N6O3S. The maximum atomic E-state index is 13.8. The van der Waals surface area contributed by atoms with Gasteiger partial charge in [-0.2, -0.15) is 14.5 Å². The molecule has 0 saturated carbocycles. The second-order valence-electron chi connectivity index (χ2n) is 10.9. The Labute approximate surface area is 233 Å². The van der Waals surface area contributed by atoms with Crippen molar-refractivity contribution < 1.29 is 8.42 Å². The second-order valence-corrected chi connectivity index (χ2v) is 12.8. The standard InChI is InChI=1S/C30H32N6O3S/c1-21-14-27-24(17-31-36(27)25-10-11-29(37)33(3)18-25)15-26(21)30(16-23-8-6-5-7-9-23)12-13-35(20-30)40(38,39)28-19-34(4)32-22(28)2/h5-11,14-15,17-19H,12-13,16,20H2,1-4H3. The van der Waals surface area contributed by atoms with Crippen molar-refractivity contribution in [1.82, 2.24) is 28.4 Å². The molecule has 1 saturated heterocycles. The highest BCUT2D eigenvalue weighted by Gasteiger charge is 2.45. The molecule has 3 aromatic heterocycles. The Morgan fingerprint density at radius 1 is 1.00 bits per heavy atom. The van der Waals surface area contributed by atoms with Crippen molar-refractivity contribution in [3.8, 4) is 5.69 Å². The first-order chi connectivity index (χ1) is 19.1. The van der Waals surface area contributed by atoms with E-state index in [9.17, 15) is 13.2 Å². The van der Waals surface area contributed by atoms with Crippen molar-refractivity contribution in [2.45, 2.75) is 37.0 Å². The molecule has 1 fully saturated rings. The third kappa shape index (κ3) is 4.37. The Morgan fingerprint density at radius 3 is 2.48 bits per heavy atom. The van der Waals surface area contributed by atoms with Crippen molar-refractivity contribution in [2.75, 3.05) is 13.1 Å². The number of hydrogen-bond acceptors (Lipinski definition) is 5. The highest BCUT2D eigenvalue weighted by atomic mass is 32.2. The number of nitrogens with zero attached hydrogens (tertiary/aromatic N) is 6. The zero-order chi connectivity index (χ0) is 28.2. The Hall–Kier alpha value is -4.02. The number of aryl methyl sites for hydroxylation is 4. The molecule has 206 valence electrons. The van der Waals surface area contributed by atoms with E-state index in [1.807, 2.05) is 29.1 Å². The molecule has 4 heterocycles. The second kappa shape index (κ2) is 9.57. The van der Waals surface area contributed by atoms with Gasteiger partial charge in [0.15, 0.2) is 0 Å². The van der Waals surface area contributed by atoms with Crippen LogP contribution in [0.3, 0.4) is 0 Å². The van der Waals surface area contributed by atoms with E-state index in [0.29, 0.717) is 31.6 Å². The minimum atomic E-state index is -3.71. The molecule has 0 spiro atoms. The molecule has 0 amide bonds. The summed E-state index contributed by atoms with van der Waals surface area (Å²) in [4.78, 5) is 12.2. The largest absolute Gasteiger partial charge is 0.316 e. The van der Waals surface area contributed by atoms with E-state index in [1.54, 1.807) is 48.5 Å². The van der Waals surface area contributed by atoms with Crippen molar-refractivity contribution >= 4 is 20.9 Å². The molecule has 1 unspecified atom stereocenters. The average Bonchev–Trinajstić information content (AvgIpc) is 3.63. The maximum Gasteiger partial charge on any atom is 0.250 e. The molecule has 10 heteroatoms. The van der Waals surface area contributed by atoms with E-state index in [4.69, 9.17) is 0 Å². The van der Waals surface area contributed by atoms with Gasteiger partial charge in [-0.1, -0.05) is 30.3 Å². The molecule has 9 nitrogen and oxygen atoms in total. The molecule has 5 aromatic rings. The van der Waals surface area contributed by atoms with E-state index in [0.717, 1.165) is 27.7 Å². The minimum Gasteiger partial charge on any atom is -0.316 e. The first-order valence-electron chi connectivity index (χ1n) is 13.3. The minimum absolute atomic E-state index is 0.0799. The van der Waals surface area contributed by atoms with Gasteiger partial charge in [-0.15, -0.1) is 0 Å². The summed E-state index contributed by atoms with van der Waals surface area (Å²) in [6, 6.07) is 17.9. The van der Waals surface area contributed by atoms with Crippen LogP contribution in [0, 0.1) is 13.8 Å². The van der Waals surface area contributed by atoms with Crippen LogP contribution in [0.5, 0.6) is 0 Å². The van der Waals surface area contributed by atoms with Crippen LogP contribution in [-0.2, 0) is 36.0 Å². The zero-order valence-corrected chi connectivity index (χ0v) is 23.9. The molecular weight excluding hydrogens is 524 g/mol. The number of rotatable bonds is 6. The van der Waals surface area contributed by atoms with Crippen molar-refractivity contribution in [3.63, 3.8) is 0 Å². The van der Waals surface area contributed by atoms with Gasteiger partial charge < -0.3 is 4.57 Å². The van der Waals surface area contributed by atoms with Gasteiger partial charge in [0.2, 0.25) is 15.6 Å². The lowest BCUT2D eigenvalue weighted by atomic mass is 9.73. The number of aromatic nitrogens is 5. The van der Waals surface area contributed by atoms with Gasteiger partial charge in [0.25, 0.3) is 0 Å². The molecule has 0 bridgehead atoms. The summed E-state index contributed by atoms with van der Waals surface area (Å²) < 4.78 is 34.1. The fourth-order valence-electron chi connectivity index (χ4n) is 6.12. The van der Waals surface area contributed by atoms with Crippen LogP contribution in [0.25, 0.3) is 16.6 Å². The van der Waals surface area contributed by atoms with Crippen LogP contribution in [0.2, 0.25) is 0 Å². The highest BCUT2D eigenvalue weighted by molar-refractivity contribution is 7.89. The summed E-state index contributed by atoms with van der Waals surface area (Å²) >= 11 is 0. The third-order valence-electron chi connectivity index (χ3n) is 8.09. The summed E-state index contributed by atoms with van der Waals surface area (Å²) in [5.74, 6) is 0. The Bertz CT molecular complexity index is 1900. The number of pyridine rings is 1. The first-order valence-corrected chi connectivity index (χ1v) is 14.7. The topological polar surface area (TPSA) is 95.0 Å². The average molecular weight is 557 g/mol. The van der Waals surface area contributed by atoms with Crippen LogP contribution in [0.1, 0.15) is 28.8 Å². The molecule has 0 N–H and O–H groups in total. The lowest BCUT2D eigenvalue weighted by molar-refractivity contribution is 0.413. The summed E-state index contributed by atoms with van der Waals surface area (Å²) in [6.45, 7) is 4.63. The lowest BCUT2D eigenvalue weighted by Crippen LogP contribution is -2.36. The van der Waals surface area contributed by atoms with E-state index >= 15 is 0 Å². The molecule has 1 atom stereocenters. The molecule has 0 radical (unpaired) electrons. The van der Waals surface area contributed by atoms with Crippen molar-refractivity contribution in [2.24, 2.45) is 14.1 Å². The van der Waals surface area contributed by atoms with Crippen LogP contribution in [-0.4, -0.2) is 49.9 Å². The highest BCUT2D eigenvalue weighted by Crippen LogP contribution is 2.43. The molecule has 40 heavy (non-hydrogen) atoms. The maximum absolute atomic E-state index is 13.8. The SMILES string of the molecule is Cc1cc2c(cnn2-c2ccc(=O)n(C)c2)cc1C1(Cc2ccccc2)CCN(S(=O)(=O)c2cn(C)nc2C)C1. The summed E-state index contributed by atoms with van der Waals surface area (Å²) in [6.07, 6.45) is 6.61. The van der Waals surface area contributed by atoms with Gasteiger partial charge in [-0.25, -0.2) is 13.1 Å². The Morgan fingerprint density at radius 2 is 1.77 bits per heavy atom. The normalized spacial score (nSPS) is 18.1. The fraction of sp³-hybridized carbons (Fsp3) is 0.300. The first kappa shape index (κ1) is 26.2. The summed E-state index contributed by atoms with van der Waals surface area (Å²) in [5.41, 5.74) is 5.12. The van der Waals surface area contributed by atoms with Crippen molar-refractivity contribution in [1.29, 1.82) is 0 Å². The third-order valence-corrected chi connectivity index (χ3v) is 10.0. The van der Waals surface area contributed by atoms with Gasteiger partial charge in [-0.05, 0) is 61.6 Å². The van der Waals surface area contributed by atoms with E-state index < -0.39 is 15.4 Å². The molecule has 6 rings (SSSR count). The predicted molar refractivity (Wildman–Crippen MR) is 154 cm³/mol. The lowest BCUT2D eigenvalue weighted by Gasteiger charge is -2.32. The Balaban J connectivity index is 1.45. The van der Waals surface area contributed by atoms with Gasteiger partial charge >= 0.3 is 0 Å². The fourth-order valence-corrected chi connectivity index (χ4v) is 7.84. The Kier molecular flexibility index (Phi) is 6.27. The van der Waals surface area contributed by atoms with Gasteiger partial charge in [-0.3, -0.25) is 9.48 Å². The van der Waals surface area contributed by atoms with Crippen LogP contribution in [0.15, 0.2) is 82.9 Å². The quantitative estimate of drug-likeness (QED) is 0.318. The summed E-state index contributed by atoms with van der Waals surface area (Å²) in [5, 5.41) is 9.89. The van der Waals surface area contributed by atoms with Crippen LogP contribution < -0.4 is 5.56 Å². The monoisotopic (exact) mass is 556 g/mol. The van der Waals surface area contributed by atoms with Gasteiger partial charge in [0.1, 0.15) is 4.90 Å². The number of sulfonamides is 1. The van der Waals surface area contributed by atoms with Crippen LogP contribution in [0.4, 0.5) is 0 Å². The van der Waals surface area contributed by atoms with E-state index in [-0.39, 0.29) is 10.5 Å². The van der Waals surface area contributed by atoms with Crippen LogP contribution >= 0.6 is 0 Å². The number of fused-ring (bicyclic) bond motifs is 1. The van der Waals surface area contributed by atoms with E-state index in [2.05, 4.69) is 41.4 Å². The molecule has 1 aliphatic heterocycles. The van der Waals surface area contributed by atoms with Gasteiger partial charge in [0, 0.05) is 56.4 Å². The number of benzene rings is 2. The zero-order valence-electron chi connectivity index (χ0n) is 23.1.